The van der Waals surface area contributed by atoms with E-state index in [1.165, 1.54) is 34.2 Å². The number of nitrogens with zero attached hydrogens (tertiary/aromatic N) is 4. The number of nitrogens with two attached hydrogens (primary N) is 1. The molecule has 9 heteroatoms. The lowest BCUT2D eigenvalue weighted by molar-refractivity contribution is -0.137. The molecule has 1 amide bonds. The predicted molar refractivity (Wildman–Crippen MR) is 71.2 cm³/mol. The Labute approximate surface area is 123 Å². The van der Waals surface area contributed by atoms with Gasteiger partial charge in [-0.1, -0.05) is 0 Å². The van der Waals surface area contributed by atoms with Crippen LogP contribution in [0.15, 0.2) is 30.7 Å². The maximum absolute atomic E-state index is 12.9. The molecule has 1 aliphatic rings. The topological polar surface area (TPSA) is 77.0 Å². The number of carbonyl (C=O) groups excluding carboxylic acids is 1. The number of aromatic nitrogens is 3. The molecule has 2 aromatic rings. The van der Waals surface area contributed by atoms with Crippen LogP contribution in [-0.2, 0) is 6.18 Å². The summed E-state index contributed by atoms with van der Waals surface area (Å²) in [4.78, 5) is 16.4. The Morgan fingerprint density at radius 3 is 2.68 bits per heavy atom. The first-order chi connectivity index (χ1) is 10.4. The van der Waals surface area contributed by atoms with E-state index in [9.17, 15) is 18.0 Å². The third-order valence-corrected chi connectivity index (χ3v) is 3.51. The fourth-order valence-corrected chi connectivity index (χ4v) is 2.33. The van der Waals surface area contributed by atoms with Crippen molar-refractivity contribution >= 4 is 11.7 Å². The minimum absolute atomic E-state index is 0.0893. The number of anilines is 1. The molecule has 0 unspecified atom stereocenters. The number of pyridine rings is 1. The van der Waals surface area contributed by atoms with Crippen molar-refractivity contribution in [3.63, 3.8) is 0 Å². The third kappa shape index (κ3) is 2.49. The smallest absolute Gasteiger partial charge is 0.366 e. The molecule has 116 valence electrons. The van der Waals surface area contributed by atoms with Crippen LogP contribution in [-0.4, -0.2) is 33.8 Å². The number of carbonyl (C=O) groups is 1. The van der Waals surface area contributed by atoms with E-state index in [1.54, 1.807) is 0 Å². The largest absolute Gasteiger partial charge is 0.419 e. The first-order valence-electron chi connectivity index (χ1n) is 6.47. The van der Waals surface area contributed by atoms with Gasteiger partial charge in [0.1, 0.15) is 5.82 Å². The quantitative estimate of drug-likeness (QED) is 0.931. The summed E-state index contributed by atoms with van der Waals surface area (Å²) in [6.45, 7) is 0.667. The maximum atomic E-state index is 12.9. The summed E-state index contributed by atoms with van der Waals surface area (Å²) in [7, 11) is 0. The molecule has 0 saturated carbocycles. The molecule has 0 aromatic carbocycles. The molecule has 1 aliphatic heterocycles. The van der Waals surface area contributed by atoms with Gasteiger partial charge in [0.05, 0.1) is 23.4 Å². The van der Waals surface area contributed by atoms with Crippen LogP contribution >= 0.6 is 0 Å². The summed E-state index contributed by atoms with van der Waals surface area (Å²) in [5.74, 6) is -0.681. The van der Waals surface area contributed by atoms with Gasteiger partial charge in [0, 0.05) is 25.5 Å². The van der Waals surface area contributed by atoms with Gasteiger partial charge >= 0.3 is 6.18 Å². The Morgan fingerprint density at radius 1 is 1.36 bits per heavy atom. The zero-order valence-electron chi connectivity index (χ0n) is 11.3. The zero-order chi connectivity index (χ0) is 15.9. The van der Waals surface area contributed by atoms with Crippen molar-refractivity contribution < 1.29 is 18.0 Å². The molecular formula is C13H12F3N5O. The molecule has 0 bridgehead atoms. The highest BCUT2D eigenvalue weighted by atomic mass is 19.4. The highest BCUT2D eigenvalue weighted by Gasteiger charge is 2.39. The fraction of sp³-hybridized carbons (Fsp3) is 0.308. The van der Waals surface area contributed by atoms with E-state index in [0.29, 0.717) is 13.1 Å². The molecular weight excluding hydrogens is 299 g/mol. The Balaban J connectivity index is 1.75. The molecule has 0 atom stereocenters. The zero-order valence-corrected chi connectivity index (χ0v) is 11.3. The summed E-state index contributed by atoms with van der Waals surface area (Å²) in [5, 5.41) is 4.01. The van der Waals surface area contributed by atoms with E-state index in [2.05, 4.69) is 10.1 Å². The fourth-order valence-electron chi connectivity index (χ4n) is 2.33. The summed E-state index contributed by atoms with van der Waals surface area (Å²) in [5.41, 5.74) is 4.65. The van der Waals surface area contributed by atoms with Crippen molar-refractivity contribution in [3.8, 4) is 0 Å². The number of alkyl halides is 3. The van der Waals surface area contributed by atoms with E-state index in [1.807, 2.05) is 0 Å². The lowest BCUT2D eigenvalue weighted by Gasteiger charge is -2.40. The van der Waals surface area contributed by atoms with Gasteiger partial charge in [0.25, 0.3) is 5.91 Å². The first-order valence-corrected chi connectivity index (χ1v) is 6.47. The van der Waals surface area contributed by atoms with Gasteiger partial charge in [0.15, 0.2) is 0 Å². The van der Waals surface area contributed by atoms with Crippen molar-refractivity contribution in [2.45, 2.75) is 12.2 Å². The van der Waals surface area contributed by atoms with E-state index in [4.69, 9.17) is 5.73 Å². The van der Waals surface area contributed by atoms with Gasteiger partial charge in [-0.15, -0.1) is 0 Å². The van der Waals surface area contributed by atoms with Crippen molar-refractivity contribution in [2.24, 2.45) is 5.73 Å². The van der Waals surface area contributed by atoms with Crippen LogP contribution in [0.4, 0.5) is 19.0 Å². The number of primary amides is 1. The highest BCUT2D eigenvalue weighted by Crippen LogP contribution is 2.37. The van der Waals surface area contributed by atoms with E-state index in [-0.39, 0.29) is 17.4 Å². The minimum Gasteiger partial charge on any atom is -0.366 e. The van der Waals surface area contributed by atoms with Crippen LogP contribution in [0.2, 0.25) is 0 Å². The molecule has 3 rings (SSSR count). The Bertz CT molecular complexity index is 706. The van der Waals surface area contributed by atoms with E-state index < -0.39 is 17.6 Å². The normalized spacial score (nSPS) is 15.7. The SMILES string of the molecule is NC(=O)c1cnn(C2CN(c3ncccc3C(F)(F)F)C2)c1. The highest BCUT2D eigenvalue weighted by molar-refractivity contribution is 5.92. The number of hydrogen-bond donors (Lipinski definition) is 1. The third-order valence-electron chi connectivity index (χ3n) is 3.51. The number of amides is 1. The van der Waals surface area contributed by atoms with Crippen molar-refractivity contribution in [1.82, 2.24) is 14.8 Å². The van der Waals surface area contributed by atoms with Crippen LogP contribution in [0, 0.1) is 0 Å². The van der Waals surface area contributed by atoms with Crippen LogP contribution in [0.3, 0.4) is 0 Å². The molecule has 1 saturated heterocycles. The van der Waals surface area contributed by atoms with Gasteiger partial charge in [-0.2, -0.15) is 18.3 Å². The van der Waals surface area contributed by atoms with Crippen molar-refractivity contribution in [2.75, 3.05) is 18.0 Å². The van der Waals surface area contributed by atoms with Crippen molar-refractivity contribution in [1.29, 1.82) is 0 Å². The standard InChI is InChI=1S/C13H12F3N5O/c14-13(15,16)10-2-1-3-18-12(10)20-6-9(7-20)21-5-8(4-19-21)11(17)22/h1-5,9H,6-7H2,(H2,17,22). The summed E-state index contributed by atoms with van der Waals surface area (Å²) in [6.07, 6.45) is -0.281. The Morgan fingerprint density at radius 2 is 2.09 bits per heavy atom. The number of halogens is 3. The van der Waals surface area contributed by atoms with E-state index >= 15 is 0 Å². The van der Waals surface area contributed by atoms with Crippen LogP contribution in [0.5, 0.6) is 0 Å². The van der Waals surface area contributed by atoms with Crippen LogP contribution in [0.25, 0.3) is 0 Å². The van der Waals surface area contributed by atoms with E-state index in [0.717, 1.165) is 6.07 Å². The second kappa shape index (κ2) is 5.00. The predicted octanol–water partition coefficient (Wildman–Crippen LogP) is 1.46. The average molecular weight is 311 g/mol. The average Bonchev–Trinajstić information content (AvgIpc) is 2.86. The Kier molecular flexibility index (Phi) is 3.27. The second-order valence-electron chi connectivity index (χ2n) is 5.00. The minimum atomic E-state index is -4.44. The molecule has 2 N–H and O–H groups in total. The van der Waals surface area contributed by atoms with Crippen molar-refractivity contribution in [3.05, 3.63) is 41.9 Å². The van der Waals surface area contributed by atoms with Crippen LogP contribution < -0.4 is 10.6 Å². The van der Waals surface area contributed by atoms with Gasteiger partial charge in [-0.05, 0) is 12.1 Å². The summed E-state index contributed by atoms with van der Waals surface area (Å²) >= 11 is 0. The van der Waals surface area contributed by atoms with Crippen LogP contribution in [0.1, 0.15) is 22.0 Å². The number of rotatable bonds is 3. The molecule has 22 heavy (non-hydrogen) atoms. The molecule has 6 nitrogen and oxygen atoms in total. The lowest BCUT2D eigenvalue weighted by atomic mass is 10.1. The maximum Gasteiger partial charge on any atom is 0.419 e. The van der Waals surface area contributed by atoms with Gasteiger partial charge < -0.3 is 10.6 Å². The molecule has 0 radical (unpaired) electrons. The first kappa shape index (κ1) is 14.4. The number of hydrogen-bond acceptors (Lipinski definition) is 4. The molecule has 1 fully saturated rings. The summed E-state index contributed by atoms with van der Waals surface area (Å²) in [6, 6.07) is 2.15. The molecule has 0 spiro atoms. The molecule has 3 heterocycles. The lowest BCUT2D eigenvalue weighted by Crippen LogP contribution is -2.49. The summed E-state index contributed by atoms with van der Waals surface area (Å²) < 4.78 is 40.4. The Hall–Kier alpha value is -2.58. The molecule has 2 aromatic heterocycles. The van der Waals surface area contributed by atoms with Gasteiger partial charge in [0.2, 0.25) is 0 Å². The van der Waals surface area contributed by atoms with Gasteiger partial charge in [-0.3, -0.25) is 9.48 Å². The monoisotopic (exact) mass is 311 g/mol. The van der Waals surface area contributed by atoms with Gasteiger partial charge in [-0.25, -0.2) is 4.98 Å². The second-order valence-corrected chi connectivity index (χ2v) is 5.00. The molecule has 0 aliphatic carbocycles.